The van der Waals surface area contributed by atoms with E-state index in [2.05, 4.69) is 41.4 Å². The molecule has 1 aliphatic heterocycles. The van der Waals surface area contributed by atoms with Gasteiger partial charge in [0.05, 0.1) is 0 Å². The van der Waals surface area contributed by atoms with Crippen molar-refractivity contribution >= 4 is 30.9 Å². The van der Waals surface area contributed by atoms with Crippen LogP contribution in [0.15, 0.2) is 108 Å². The van der Waals surface area contributed by atoms with Crippen molar-refractivity contribution in [2.75, 3.05) is 0 Å². The van der Waals surface area contributed by atoms with Gasteiger partial charge in [0.2, 0.25) is 0 Å². The minimum atomic E-state index is 0.0696. The van der Waals surface area contributed by atoms with Gasteiger partial charge in [0, 0.05) is 0 Å². The van der Waals surface area contributed by atoms with Crippen molar-refractivity contribution in [3.8, 4) is 0 Å². The fourth-order valence-corrected chi connectivity index (χ4v) is 4.64. The SMILES string of the molecule is O=C1C(c2ccccc2)=C/C(=C/[Se]c2ccccc2)N1Cc1ccccc1. The van der Waals surface area contributed by atoms with E-state index in [0.29, 0.717) is 6.54 Å². The van der Waals surface area contributed by atoms with E-state index in [4.69, 9.17) is 0 Å². The summed E-state index contributed by atoms with van der Waals surface area (Å²) >= 11 is 0.175. The Hall–Kier alpha value is -2.87. The Bertz CT molecular complexity index is 979. The number of benzene rings is 3. The summed E-state index contributed by atoms with van der Waals surface area (Å²) in [6.07, 6.45) is 2.03. The van der Waals surface area contributed by atoms with Crippen LogP contribution in [0.5, 0.6) is 0 Å². The Morgan fingerprint density at radius 3 is 2.04 bits per heavy atom. The Balaban J connectivity index is 1.66. The Kier molecular flexibility index (Phi) is 5.34. The molecule has 2 nitrogen and oxygen atoms in total. The summed E-state index contributed by atoms with van der Waals surface area (Å²) in [6, 6.07) is 30.5. The van der Waals surface area contributed by atoms with Crippen LogP contribution in [0.4, 0.5) is 0 Å². The van der Waals surface area contributed by atoms with Crippen molar-refractivity contribution in [1.29, 1.82) is 0 Å². The van der Waals surface area contributed by atoms with Gasteiger partial charge in [0.25, 0.3) is 0 Å². The average molecular weight is 416 g/mol. The number of allylic oxidation sites excluding steroid dienone is 1. The molecule has 1 aliphatic rings. The zero-order valence-electron chi connectivity index (χ0n) is 14.8. The molecule has 132 valence electrons. The Labute approximate surface area is 166 Å². The van der Waals surface area contributed by atoms with E-state index in [0.717, 1.165) is 22.4 Å². The minimum absolute atomic E-state index is 0.0696. The van der Waals surface area contributed by atoms with Crippen molar-refractivity contribution in [2.24, 2.45) is 0 Å². The first kappa shape index (κ1) is 17.5. The first-order valence-corrected chi connectivity index (χ1v) is 10.7. The molecule has 0 aromatic heterocycles. The summed E-state index contributed by atoms with van der Waals surface area (Å²) in [5.74, 6) is 0.0696. The molecule has 0 spiro atoms. The van der Waals surface area contributed by atoms with Crippen LogP contribution in [0.2, 0.25) is 0 Å². The fraction of sp³-hybridized carbons (Fsp3) is 0.0417. The normalized spacial score (nSPS) is 15.3. The summed E-state index contributed by atoms with van der Waals surface area (Å²) in [6.45, 7) is 0.587. The van der Waals surface area contributed by atoms with E-state index in [1.807, 2.05) is 65.6 Å². The molecule has 0 aliphatic carbocycles. The predicted octanol–water partition coefficient (Wildman–Crippen LogP) is 3.98. The average Bonchev–Trinajstić information content (AvgIpc) is 3.04. The summed E-state index contributed by atoms with van der Waals surface area (Å²) in [5.41, 5.74) is 3.86. The van der Waals surface area contributed by atoms with Crippen molar-refractivity contribution in [2.45, 2.75) is 6.54 Å². The van der Waals surface area contributed by atoms with E-state index < -0.39 is 0 Å². The first-order chi connectivity index (χ1) is 13.3. The number of rotatable bonds is 5. The van der Waals surface area contributed by atoms with Gasteiger partial charge in [-0.25, -0.2) is 0 Å². The number of carbonyl (C=O) groups is 1. The summed E-state index contributed by atoms with van der Waals surface area (Å²) < 4.78 is 1.30. The van der Waals surface area contributed by atoms with Crippen LogP contribution in [0.1, 0.15) is 11.1 Å². The van der Waals surface area contributed by atoms with Gasteiger partial charge in [-0.2, -0.15) is 0 Å². The third-order valence-electron chi connectivity index (χ3n) is 4.41. The van der Waals surface area contributed by atoms with Crippen molar-refractivity contribution < 1.29 is 4.79 Å². The molecular weight excluding hydrogens is 397 g/mol. The summed E-state index contributed by atoms with van der Waals surface area (Å²) in [4.78, 5) is 17.3. The van der Waals surface area contributed by atoms with Gasteiger partial charge in [0.15, 0.2) is 0 Å². The van der Waals surface area contributed by atoms with Gasteiger partial charge in [-0.15, -0.1) is 0 Å². The van der Waals surface area contributed by atoms with Gasteiger partial charge >= 0.3 is 166 Å². The molecule has 3 aromatic carbocycles. The van der Waals surface area contributed by atoms with E-state index in [1.165, 1.54) is 4.46 Å². The Morgan fingerprint density at radius 2 is 1.37 bits per heavy atom. The third kappa shape index (κ3) is 4.11. The molecule has 3 heteroatoms. The van der Waals surface area contributed by atoms with Gasteiger partial charge in [0.1, 0.15) is 0 Å². The zero-order valence-corrected chi connectivity index (χ0v) is 16.5. The molecule has 0 fully saturated rings. The molecule has 3 aromatic rings. The number of hydrogen-bond acceptors (Lipinski definition) is 1. The van der Waals surface area contributed by atoms with Gasteiger partial charge in [-0.05, 0) is 0 Å². The van der Waals surface area contributed by atoms with Crippen molar-refractivity contribution in [3.05, 3.63) is 119 Å². The second-order valence-electron chi connectivity index (χ2n) is 6.27. The van der Waals surface area contributed by atoms with Gasteiger partial charge < -0.3 is 0 Å². The maximum absolute atomic E-state index is 13.2. The number of hydrogen-bond donors (Lipinski definition) is 0. The Morgan fingerprint density at radius 1 is 0.778 bits per heavy atom. The van der Waals surface area contributed by atoms with Crippen LogP contribution in [0.25, 0.3) is 5.57 Å². The van der Waals surface area contributed by atoms with Gasteiger partial charge in [-0.1, -0.05) is 0 Å². The monoisotopic (exact) mass is 417 g/mol. The fourth-order valence-electron chi connectivity index (χ4n) is 3.03. The summed E-state index contributed by atoms with van der Waals surface area (Å²) in [7, 11) is 0. The molecule has 0 atom stereocenters. The van der Waals surface area contributed by atoms with Gasteiger partial charge in [-0.3, -0.25) is 0 Å². The van der Waals surface area contributed by atoms with Crippen LogP contribution in [0.3, 0.4) is 0 Å². The van der Waals surface area contributed by atoms with Crippen LogP contribution in [-0.2, 0) is 11.3 Å². The van der Waals surface area contributed by atoms with Crippen LogP contribution < -0.4 is 4.46 Å². The van der Waals surface area contributed by atoms with Crippen molar-refractivity contribution in [3.63, 3.8) is 0 Å². The molecular formula is C24H19NOSe. The molecule has 0 saturated heterocycles. The summed E-state index contributed by atoms with van der Waals surface area (Å²) in [5, 5.41) is 0. The van der Waals surface area contributed by atoms with Crippen LogP contribution >= 0.6 is 0 Å². The predicted molar refractivity (Wildman–Crippen MR) is 111 cm³/mol. The molecule has 0 N–H and O–H groups in total. The van der Waals surface area contributed by atoms with Crippen molar-refractivity contribution in [1.82, 2.24) is 4.90 Å². The van der Waals surface area contributed by atoms with E-state index >= 15 is 0 Å². The second-order valence-corrected chi connectivity index (χ2v) is 8.25. The first-order valence-electron chi connectivity index (χ1n) is 8.86. The van der Waals surface area contributed by atoms with Crippen LogP contribution in [0, 0.1) is 0 Å². The third-order valence-corrected chi connectivity index (χ3v) is 6.30. The quantitative estimate of drug-likeness (QED) is 0.577. The molecule has 0 saturated carbocycles. The van der Waals surface area contributed by atoms with E-state index in [-0.39, 0.29) is 20.9 Å². The zero-order chi connectivity index (χ0) is 18.5. The number of nitrogens with zero attached hydrogens (tertiary/aromatic N) is 1. The van der Waals surface area contributed by atoms with Crippen LogP contribution in [-0.4, -0.2) is 25.8 Å². The molecule has 4 rings (SSSR count). The molecule has 0 radical (unpaired) electrons. The van der Waals surface area contributed by atoms with E-state index in [9.17, 15) is 4.79 Å². The topological polar surface area (TPSA) is 20.3 Å². The standard InChI is InChI=1S/C24H19NOSe/c26-24-23(20-12-6-2-7-13-20)16-21(18-27-22-14-8-3-9-15-22)25(24)17-19-10-4-1-5-11-19/h1-16,18H,17H2/b21-18-. The molecule has 1 amide bonds. The molecule has 27 heavy (non-hydrogen) atoms. The second kappa shape index (κ2) is 8.22. The number of carbonyl (C=O) groups excluding carboxylic acids is 1. The maximum atomic E-state index is 13.2. The van der Waals surface area contributed by atoms with E-state index in [1.54, 1.807) is 0 Å². The molecule has 0 bridgehead atoms. The molecule has 1 heterocycles. The molecule has 0 unspecified atom stereocenters. The number of amides is 1.